The smallest absolute Gasteiger partial charge is 0.333 e. The summed E-state index contributed by atoms with van der Waals surface area (Å²) in [5.41, 5.74) is 0.529. The highest BCUT2D eigenvalue weighted by molar-refractivity contribution is 8.00. The molecule has 3 aliphatic carbocycles. The number of hydrogen-bond acceptors (Lipinski definition) is 6. The summed E-state index contributed by atoms with van der Waals surface area (Å²) < 4.78 is 16.0. The SMILES string of the molecule is COC(=O)C1=C[C@@H]2[C@H](Sc3ccccc3)C[C@H]1C(OC)(OC)[C@H]2O. The van der Waals surface area contributed by atoms with Gasteiger partial charge in [0.15, 0.2) is 0 Å². The average molecular weight is 350 g/mol. The molecule has 0 spiro atoms. The van der Waals surface area contributed by atoms with Crippen molar-refractivity contribution in [1.82, 2.24) is 0 Å². The molecular weight excluding hydrogens is 328 g/mol. The topological polar surface area (TPSA) is 65.0 Å². The third-order valence-electron chi connectivity index (χ3n) is 5.00. The fourth-order valence-electron chi connectivity index (χ4n) is 3.84. The van der Waals surface area contributed by atoms with E-state index in [2.05, 4.69) is 0 Å². The predicted octanol–water partition coefficient (Wildman–Crippen LogP) is 2.25. The Kier molecular flexibility index (Phi) is 5.01. The van der Waals surface area contributed by atoms with E-state index in [9.17, 15) is 9.90 Å². The van der Waals surface area contributed by atoms with Crippen molar-refractivity contribution in [2.45, 2.75) is 28.5 Å². The summed E-state index contributed by atoms with van der Waals surface area (Å²) in [5, 5.41) is 11.0. The Balaban J connectivity index is 1.95. The van der Waals surface area contributed by atoms with Crippen molar-refractivity contribution in [2.75, 3.05) is 21.3 Å². The maximum Gasteiger partial charge on any atom is 0.333 e. The largest absolute Gasteiger partial charge is 0.466 e. The average Bonchev–Trinajstić information content (AvgIpc) is 2.63. The minimum Gasteiger partial charge on any atom is -0.466 e. The zero-order valence-corrected chi connectivity index (χ0v) is 14.8. The zero-order valence-electron chi connectivity index (χ0n) is 14.0. The van der Waals surface area contributed by atoms with E-state index in [-0.39, 0.29) is 17.1 Å². The van der Waals surface area contributed by atoms with Crippen molar-refractivity contribution in [3.05, 3.63) is 42.0 Å². The standard InChI is InChI=1S/C18H22O5S/c1-21-17(20)12-9-13-15(24-11-7-5-4-6-8-11)10-14(12)18(22-2,23-3)16(13)19/h4-9,13-16,19H,10H2,1-3H3/t13-,14-,15-,16+/m1/s1. The number of rotatable bonds is 5. The number of hydrogen-bond donors (Lipinski definition) is 1. The predicted molar refractivity (Wildman–Crippen MR) is 90.5 cm³/mol. The Bertz CT molecular complexity index is 626. The van der Waals surface area contributed by atoms with E-state index in [0.29, 0.717) is 12.0 Å². The zero-order chi connectivity index (χ0) is 17.3. The monoisotopic (exact) mass is 350 g/mol. The lowest BCUT2D eigenvalue weighted by molar-refractivity contribution is -0.304. The maximum atomic E-state index is 12.2. The number of thioether (sulfide) groups is 1. The summed E-state index contributed by atoms with van der Waals surface area (Å²) in [6, 6.07) is 10.0. The maximum absolute atomic E-state index is 12.2. The Hall–Kier alpha value is -1.34. The Morgan fingerprint density at radius 2 is 1.88 bits per heavy atom. The number of ether oxygens (including phenoxy) is 3. The van der Waals surface area contributed by atoms with Gasteiger partial charge in [-0.15, -0.1) is 11.8 Å². The van der Waals surface area contributed by atoms with E-state index in [1.54, 1.807) is 11.8 Å². The van der Waals surface area contributed by atoms with Crippen LogP contribution in [0.3, 0.4) is 0 Å². The molecule has 4 rings (SSSR count). The first-order valence-electron chi connectivity index (χ1n) is 7.87. The van der Waals surface area contributed by atoms with Crippen molar-refractivity contribution >= 4 is 17.7 Å². The van der Waals surface area contributed by atoms with Gasteiger partial charge in [0.25, 0.3) is 0 Å². The van der Waals surface area contributed by atoms with Crippen LogP contribution >= 0.6 is 11.8 Å². The minimum absolute atomic E-state index is 0.138. The quantitative estimate of drug-likeness (QED) is 0.649. The van der Waals surface area contributed by atoms with Crippen LogP contribution in [0.5, 0.6) is 0 Å². The van der Waals surface area contributed by atoms with Gasteiger partial charge in [0.1, 0.15) is 6.10 Å². The van der Waals surface area contributed by atoms with Gasteiger partial charge in [0, 0.05) is 41.8 Å². The van der Waals surface area contributed by atoms with Gasteiger partial charge < -0.3 is 19.3 Å². The minimum atomic E-state index is -1.21. The summed E-state index contributed by atoms with van der Waals surface area (Å²) in [4.78, 5) is 13.3. The Labute approximate surface area is 146 Å². The van der Waals surface area contributed by atoms with Gasteiger partial charge in [-0.25, -0.2) is 4.79 Å². The molecule has 1 aromatic carbocycles. The van der Waals surface area contributed by atoms with Gasteiger partial charge in [0.2, 0.25) is 5.79 Å². The van der Waals surface area contributed by atoms with Crippen LogP contribution in [-0.4, -0.2) is 49.5 Å². The van der Waals surface area contributed by atoms with Crippen molar-refractivity contribution in [3.63, 3.8) is 0 Å². The van der Waals surface area contributed by atoms with E-state index in [1.165, 1.54) is 21.3 Å². The highest BCUT2D eigenvalue weighted by Gasteiger charge is 2.61. The van der Waals surface area contributed by atoms with Crippen LogP contribution in [0.4, 0.5) is 0 Å². The number of aliphatic hydroxyl groups excluding tert-OH is 1. The second-order valence-electron chi connectivity index (χ2n) is 6.02. The highest BCUT2D eigenvalue weighted by atomic mass is 32.2. The third-order valence-corrected chi connectivity index (χ3v) is 6.35. The molecule has 5 nitrogen and oxygen atoms in total. The van der Waals surface area contributed by atoms with E-state index >= 15 is 0 Å². The van der Waals surface area contributed by atoms with Crippen LogP contribution in [0.2, 0.25) is 0 Å². The molecule has 1 saturated carbocycles. The molecule has 1 fully saturated rings. The van der Waals surface area contributed by atoms with Crippen LogP contribution in [0, 0.1) is 11.8 Å². The first kappa shape index (κ1) is 17.5. The summed E-state index contributed by atoms with van der Waals surface area (Å²) in [6.07, 6.45) is 1.66. The second-order valence-corrected chi connectivity index (χ2v) is 7.34. The van der Waals surface area contributed by atoms with Crippen LogP contribution in [-0.2, 0) is 19.0 Å². The van der Waals surface area contributed by atoms with Crippen molar-refractivity contribution in [1.29, 1.82) is 0 Å². The number of fused-ring (bicyclic) bond motifs is 2. The molecule has 0 amide bonds. The Morgan fingerprint density at radius 1 is 1.21 bits per heavy atom. The van der Waals surface area contributed by atoms with Gasteiger partial charge >= 0.3 is 5.97 Å². The normalized spacial score (nSPS) is 30.8. The van der Waals surface area contributed by atoms with Gasteiger partial charge in [-0.1, -0.05) is 24.3 Å². The number of carbonyl (C=O) groups excluding carboxylic acids is 1. The molecule has 2 bridgehead atoms. The van der Waals surface area contributed by atoms with E-state index in [0.717, 1.165) is 4.90 Å². The lowest BCUT2D eigenvalue weighted by Gasteiger charge is -2.54. The summed E-state index contributed by atoms with van der Waals surface area (Å²) >= 11 is 1.71. The first-order valence-corrected chi connectivity index (χ1v) is 8.75. The van der Waals surface area contributed by atoms with E-state index in [4.69, 9.17) is 14.2 Å². The molecular formula is C18H22O5S. The third kappa shape index (κ3) is 2.67. The highest BCUT2D eigenvalue weighted by Crippen LogP contribution is 2.53. The van der Waals surface area contributed by atoms with Crippen LogP contribution in [0.1, 0.15) is 6.42 Å². The first-order chi connectivity index (χ1) is 11.6. The molecule has 0 unspecified atom stereocenters. The fraction of sp³-hybridized carbons (Fsp3) is 0.500. The number of aliphatic hydroxyl groups is 1. The molecule has 0 radical (unpaired) electrons. The summed E-state index contributed by atoms with van der Waals surface area (Å²) in [5.74, 6) is -2.23. The molecule has 6 heteroatoms. The van der Waals surface area contributed by atoms with Gasteiger partial charge in [0.05, 0.1) is 7.11 Å². The lowest BCUT2D eigenvalue weighted by atomic mass is 9.65. The molecule has 0 saturated heterocycles. The van der Waals surface area contributed by atoms with Crippen LogP contribution in [0.25, 0.3) is 0 Å². The molecule has 1 N–H and O–H groups in total. The number of benzene rings is 1. The molecule has 0 heterocycles. The van der Waals surface area contributed by atoms with E-state index in [1.807, 2.05) is 36.4 Å². The molecule has 130 valence electrons. The fourth-order valence-corrected chi connectivity index (χ4v) is 5.17. The van der Waals surface area contributed by atoms with Crippen molar-refractivity contribution in [2.24, 2.45) is 11.8 Å². The molecule has 4 atom stereocenters. The van der Waals surface area contributed by atoms with Gasteiger partial charge in [-0.3, -0.25) is 0 Å². The molecule has 3 aliphatic rings. The van der Waals surface area contributed by atoms with Crippen LogP contribution in [0.15, 0.2) is 46.9 Å². The molecule has 1 aromatic rings. The molecule has 24 heavy (non-hydrogen) atoms. The summed E-state index contributed by atoms with van der Waals surface area (Å²) in [7, 11) is 4.36. The number of esters is 1. The molecule has 0 aromatic heterocycles. The molecule has 0 aliphatic heterocycles. The Morgan fingerprint density at radius 3 is 2.46 bits per heavy atom. The van der Waals surface area contributed by atoms with Crippen molar-refractivity contribution < 1.29 is 24.1 Å². The lowest BCUT2D eigenvalue weighted by Crippen LogP contribution is -2.64. The summed E-state index contributed by atoms with van der Waals surface area (Å²) in [6.45, 7) is 0. The second kappa shape index (κ2) is 6.88. The van der Waals surface area contributed by atoms with Crippen LogP contribution < -0.4 is 0 Å². The number of carbonyl (C=O) groups is 1. The number of methoxy groups -OCH3 is 3. The van der Waals surface area contributed by atoms with Crippen molar-refractivity contribution in [3.8, 4) is 0 Å². The van der Waals surface area contributed by atoms with E-state index < -0.39 is 17.9 Å². The van der Waals surface area contributed by atoms with Gasteiger partial charge in [-0.05, 0) is 18.6 Å². The van der Waals surface area contributed by atoms with Gasteiger partial charge in [-0.2, -0.15) is 0 Å².